The van der Waals surface area contributed by atoms with E-state index in [0.717, 1.165) is 24.0 Å². The molecule has 2 rings (SSSR count). The van der Waals surface area contributed by atoms with Gasteiger partial charge in [0, 0.05) is 13.6 Å². The van der Waals surface area contributed by atoms with Crippen LogP contribution >= 0.6 is 11.6 Å². The number of anilines is 1. The molecule has 0 aromatic heterocycles. The number of benzene rings is 2. The van der Waals surface area contributed by atoms with Crippen molar-refractivity contribution in [1.82, 2.24) is 10.2 Å². The highest BCUT2D eigenvalue weighted by Crippen LogP contribution is 2.37. The predicted octanol–water partition coefficient (Wildman–Crippen LogP) is 3.33. The van der Waals surface area contributed by atoms with E-state index in [4.69, 9.17) is 11.6 Å². The summed E-state index contributed by atoms with van der Waals surface area (Å²) in [6.45, 7) is 0.772. The summed E-state index contributed by atoms with van der Waals surface area (Å²) in [5.74, 6) is -1.22. The Hall–Kier alpha value is -2.79. The fraction of sp³-hybridized carbons (Fsp3) is 0.364. The zero-order valence-corrected chi connectivity index (χ0v) is 20.3. The molecule has 0 unspecified atom stereocenters. The monoisotopic (exact) mass is 519 g/mol. The number of hydrogen-bond donors (Lipinski definition) is 1. The molecule has 0 spiro atoms. The Balaban J connectivity index is 2.39. The number of alkyl halides is 3. The molecule has 0 fully saturated rings. The highest BCUT2D eigenvalue weighted by Gasteiger charge is 2.35. The van der Waals surface area contributed by atoms with E-state index in [0.29, 0.717) is 16.8 Å². The van der Waals surface area contributed by atoms with Gasteiger partial charge < -0.3 is 10.2 Å². The van der Waals surface area contributed by atoms with Crippen LogP contribution in [0.25, 0.3) is 0 Å². The summed E-state index contributed by atoms with van der Waals surface area (Å²) in [6.07, 6.45) is -3.67. The first kappa shape index (κ1) is 27.5. The Morgan fingerprint density at radius 1 is 1.12 bits per heavy atom. The number of carbonyl (C=O) groups excluding carboxylic acids is 2. The lowest BCUT2D eigenvalue weighted by molar-refractivity contribution is -0.138. The maximum Gasteiger partial charge on any atom is 0.417 e. The third-order valence-corrected chi connectivity index (χ3v) is 6.59. The number of nitrogens with one attached hydrogen (secondary N) is 1. The van der Waals surface area contributed by atoms with Crippen molar-refractivity contribution in [3.63, 3.8) is 0 Å². The van der Waals surface area contributed by atoms with E-state index in [1.54, 1.807) is 0 Å². The van der Waals surface area contributed by atoms with Crippen molar-refractivity contribution in [1.29, 1.82) is 0 Å². The van der Waals surface area contributed by atoms with Gasteiger partial charge >= 0.3 is 6.18 Å². The van der Waals surface area contributed by atoms with Crippen LogP contribution in [-0.2, 0) is 32.2 Å². The fourth-order valence-electron chi connectivity index (χ4n) is 3.28. The van der Waals surface area contributed by atoms with Gasteiger partial charge in [-0.2, -0.15) is 13.2 Å². The number of rotatable bonds is 9. The molecule has 34 heavy (non-hydrogen) atoms. The molecule has 0 heterocycles. The Morgan fingerprint density at radius 2 is 1.74 bits per heavy atom. The van der Waals surface area contributed by atoms with E-state index in [2.05, 4.69) is 5.32 Å². The first-order valence-electron chi connectivity index (χ1n) is 10.1. The Bertz CT molecular complexity index is 1130. The lowest BCUT2D eigenvalue weighted by Crippen LogP contribution is -2.51. The summed E-state index contributed by atoms with van der Waals surface area (Å²) >= 11 is 5.64. The van der Waals surface area contributed by atoms with Gasteiger partial charge in [0.1, 0.15) is 12.6 Å². The van der Waals surface area contributed by atoms with Crippen molar-refractivity contribution >= 4 is 39.1 Å². The van der Waals surface area contributed by atoms with Gasteiger partial charge in [-0.15, -0.1) is 0 Å². The zero-order valence-electron chi connectivity index (χ0n) is 18.8. The molecule has 0 bridgehead atoms. The van der Waals surface area contributed by atoms with Crippen LogP contribution in [0, 0.1) is 0 Å². The van der Waals surface area contributed by atoms with Crippen molar-refractivity contribution in [2.24, 2.45) is 0 Å². The molecule has 1 atom stereocenters. The van der Waals surface area contributed by atoms with Gasteiger partial charge in [-0.3, -0.25) is 13.9 Å². The maximum absolute atomic E-state index is 13.3. The van der Waals surface area contributed by atoms with Crippen molar-refractivity contribution < 1.29 is 31.2 Å². The van der Waals surface area contributed by atoms with Crippen molar-refractivity contribution in [3.05, 3.63) is 64.7 Å². The fourth-order valence-corrected chi connectivity index (χ4v) is 4.34. The average molecular weight is 520 g/mol. The second-order valence-electron chi connectivity index (χ2n) is 7.54. The van der Waals surface area contributed by atoms with Gasteiger partial charge in [-0.05, 0) is 37.1 Å². The molecule has 0 aliphatic heterocycles. The molecule has 0 aliphatic carbocycles. The third kappa shape index (κ3) is 7.10. The number of hydrogen-bond acceptors (Lipinski definition) is 4. The molecule has 2 amide bonds. The standard InChI is InChI=1S/C22H25ClF3N3O4S/c1-15(21(31)27-2)28(12-11-16-7-5-4-6-8-16)20(30)14-29(34(3,32)33)17-9-10-19(23)18(13-17)22(24,25)26/h4-10,13,15H,11-12,14H2,1-3H3,(H,27,31)/t15-/m1/s1. The van der Waals surface area contributed by atoms with Gasteiger partial charge in [-0.25, -0.2) is 8.42 Å². The molecule has 2 aromatic rings. The molecule has 1 N–H and O–H groups in total. The Labute approximate surface area is 201 Å². The van der Waals surface area contributed by atoms with E-state index in [1.165, 1.54) is 18.9 Å². The number of amides is 2. The molecule has 2 aromatic carbocycles. The van der Waals surface area contributed by atoms with Crippen molar-refractivity contribution in [2.75, 3.05) is 30.7 Å². The number of nitrogens with zero attached hydrogens (tertiary/aromatic N) is 2. The maximum atomic E-state index is 13.3. The molecular weight excluding hydrogens is 495 g/mol. The van der Waals surface area contributed by atoms with Crippen LogP contribution in [0.1, 0.15) is 18.1 Å². The van der Waals surface area contributed by atoms with Gasteiger partial charge in [0.25, 0.3) is 0 Å². The van der Waals surface area contributed by atoms with Gasteiger partial charge in [-0.1, -0.05) is 41.9 Å². The summed E-state index contributed by atoms with van der Waals surface area (Å²) in [5, 5.41) is 1.84. The van der Waals surface area contributed by atoms with Gasteiger partial charge in [0.05, 0.1) is 22.5 Å². The Kier molecular flexibility index (Phi) is 8.96. The summed E-state index contributed by atoms with van der Waals surface area (Å²) < 4.78 is 65.3. The zero-order chi connectivity index (χ0) is 25.7. The molecular formula is C22H25ClF3N3O4S. The highest BCUT2D eigenvalue weighted by molar-refractivity contribution is 7.92. The first-order valence-corrected chi connectivity index (χ1v) is 12.4. The van der Waals surface area contributed by atoms with Crippen LogP contribution in [0.4, 0.5) is 18.9 Å². The predicted molar refractivity (Wildman–Crippen MR) is 124 cm³/mol. The number of likely N-dealkylation sites (N-methyl/N-ethyl adjacent to an activating group) is 1. The number of sulfonamides is 1. The minimum absolute atomic E-state index is 0.0868. The second kappa shape index (κ2) is 11.1. The topological polar surface area (TPSA) is 86.8 Å². The van der Waals surface area contributed by atoms with Gasteiger partial charge in [0.15, 0.2) is 0 Å². The Morgan fingerprint density at radius 3 is 2.26 bits per heavy atom. The quantitative estimate of drug-likeness (QED) is 0.550. The summed E-state index contributed by atoms with van der Waals surface area (Å²) in [6, 6.07) is 10.8. The molecule has 0 saturated carbocycles. The minimum Gasteiger partial charge on any atom is -0.357 e. The summed E-state index contributed by atoms with van der Waals surface area (Å²) in [4.78, 5) is 26.6. The van der Waals surface area contributed by atoms with Crippen LogP contribution in [0.15, 0.2) is 48.5 Å². The smallest absolute Gasteiger partial charge is 0.357 e. The van der Waals surface area contributed by atoms with Crippen molar-refractivity contribution in [2.45, 2.75) is 25.6 Å². The molecule has 0 saturated heterocycles. The number of carbonyl (C=O) groups is 2. The van der Waals surface area contributed by atoms with Crippen molar-refractivity contribution in [3.8, 4) is 0 Å². The molecule has 12 heteroatoms. The second-order valence-corrected chi connectivity index (χ2v) is 9.86. The van der Waals surface area contributed by atoms with E-state index in [9.17, 15) is 31.2 Å². The lowest BCUT2D eigenvalue weighted by atomic mass is 10.1. The van der Waals surface area contributed by atoms with Crippen LogP contribution in [0.5, 0.6) is 0 Å². The van der Waals surface area contributed by atoms with E-state index in [1.807, 2.05) is 30.3 Å². The third-order valence-electron chi connectivity index (χ3n) is 5.12. The number of halogens is 4. The van der Waals surface area contributed by atoms with E-state index in [-0.39, 0.29) is 12.2 Å². The molecule has 186 valence electrons. The first-order chi connectivity index (χ1) is 15.8. The normalized spacial score (nSPS) is 12.7. The molecule has 0 aliphatic rings. The van der Waals surface area contributed by atoms with E-state index < -0.39 is 51.2 Å². The SMILES string of the molecule is CNC(=O)[C@@H](C)N(CCc1ccccc1)C(=O)CN(c1ccc(Cl)c(C(F)(F)F)c1)S(C)(=O)=O. The lowest BCUT2D eigenvalue weighted by Gasteiger charge is -2.31. The van der Waals surface area contributed by atoms with Crippen LogP contribution in [0.3, 0.4) is 0 Å². The minimum atomic E-state index is -4.82. The van der Waals surface area contributed by atoms with Crippen LogP contribution in [-0.4, -0.2) is 57.6 Å². The molecule has 0 radical (unpaired) electrons. The van der Waals surface area contributed by atoms with Crippen LogP contribution in [0.2, 0.25) is 5.02 Å². The average Bonchev–Trinajstić information content (AvgIpc) is 2.76. The summed E-state index contributed by atoms with van der Waals surface area (Å²) in [7, 11) is -2.77. The van der Waals surface area contributed by atoms with Crippen LogP contribution < -0.4 is 9.62 Å². The van der Waals surface area contributed by atoms with E-state index >= 15 is 0 Å². The van der Waals surface area contributed by atoms with Gasteiger partial charge in [0.2, 0.25) is 21.8 Å². The highest BCUT2D eigenvalue weighted by atomic mass is 35.5. The summed E-state index contributed by atoms with van der Waals surface area (Å²) in [5.41, 5.74) is -0.715. The largest absolute Gasteiger partial charge is 0.417 e. The molecule has 7 nitrogen and oxygen atoms in total.